The number of Topliss-reactive ketones (excluding diaryl/α,β-unsaturated/α-hetero) is 1. The highest BCUT2D eigenvalue weighted by Crippen LogP contribution is 2.17. The van der Waals surface area contributed by atoms with Crippen LogP contribution in [-0.2, 0) is 0 Å². The molecule has 0 radical (unpaired) electrons. The van der Waals surface area contributed by atoms with Crippen LogP contribution in [0.25, 0.3) is 0 Å². The zero-order valence-electron chi connectivity index (χ0n) is 12.0. The summed E-state index contributed by atoms with van der Waals surface area (Å²) in [6, 6.07) is 1.46. The zero-order chi connectivity index (χ0) is 14.6. The van der Waals surface area contributed by atoms with Crippen LogP contribution in [0, 0.1) is 0 Å². The molecule has 0 bridgehead atoms. The molecular weight excluding hydrogens is 244 g/mol. The normalized spacial score (nSPS) is 12.7. The van der Waals surface area contributed by atoms with Crippen molar-refractivity contribution in [2.45, 2.75) is 33.7 Å². The van der Waals surface area contributed by atoms with E-state index < -0.39 is 5.97 Å². The Kier molecular flexibility index (Phi) is 5.30. The zero-order valence-corrected chi connectivity index (χ0v) is 12.0. The minimum atomic E-state index is -1.00. The molecule has 5 heteroatoms. The van der Waals surface area contributed by atoms with Gasteiger partial charge in [0.2, 0.25) is 0 Å². The Morgan fingerprint density at radius 2 is 1.95 bits per heavy atom. The number of nitrogens with zero attached hydrogens (tertiary/aromatic N) is 2. The van der Waals surface area contributed by atoms with Crippen molar-refractivity contribution in [3.05, 3.63) is 23.5 Å². The number of hydrogen-bond donors (Lipinski definition) is 1. The summed E-state index contributed by atoms with van der Waals surface area (Å²) in [5.41, 5.74) is 0.619. The van der Waals surface area contributed by atoms with Crippen molar-refractivity contribution < 1.29 is 14.7 Å². The van der Waals surface area contributed by atoms with Gasteiger partial charge >= 0.3 is 5.97 Å². The van der Waals surface area contributed by atoms with Gasteiger partial charge < -0.3 is 14.6 Å². The van der Waals surface area contributed by atoms with Crippen molar-refractivity contribution in [1.29, 1.82) is 0 Å². The third-order valence-electron chi connectivity index (χ3n) is 3.37. The molecule has 0 spiro atoms. The number of hydrogen-bond acceptors (Lipinski definition) is 3. The molecule has 0 saturated carbocycles. The van der Waals surface area contributed by atoms with Gasteiger partial charge in [-0.05, 0) is 33.0 Å². The lowest BCUT2D eigenvalue weighted by Crippen LogP contribution is -2.30. The van der Waals surface area contributed by atoms with E-state index in [1.807, 2.05) is 6.92 Å². The molecule has 5 nitrogen and oxygen atoms in total. The van der Waals surface area contributed by atoms with E-state index in [0.717, 1.165) is 19.6 Å². The SMILES string of the molecule is CCN(CC)CC(C)n1cc(C(C)=O)cc1C(=O)O. The maximum atomic E-state index is 11.4. The number of carbonyl (C=O) groups is 2. The second-order valence-electron chi connectivity index (χ2n) is 4.72. The van der Waals surface area contributed by atoms with Gasteiger partial charge in [0.1, 0.15) is 5.69 Å². The van der Waals surface area contributed by atoms with Crippen LogP contribution in [0.4, 0.5) is 0 Å². The highest BCUT2D eigenvalue weighted by Gasteiger charge is 2.19. The van der Waals surface area contributed by atoms with Crippen LogP contribution >= 0.6 is 0 Å². The molecule has 1 heterocycles. The van der Waals surface area contributed by atoms with Gasteiger partial charge in [0, 0.05) is 24.3 Å². The maximum Gasteiger partial charge on any atom is 0.352 e. The van der Waals surface area contributed by atoms with Crippen LogP contribution in [0.3, 0.4) is 0 Å². The number of carbonyl (C=O) groups excluding carboxylic acids is 1. The summed E-state index contributed by atoms with van der Waals surface area (Å²) in [5.74, 6) is -1.12. The second-order valence-corrected chi connectivity index (χ2v) is 4.72. The van der Waals surface area contributed by atoms with Crippen molar-refractivity contribution in [1.82, 2.24) is 9.47 Å². The van der Waals surface area contributed by atoms with Gasteiger partial charge in [-0.15, -0.1) is 0 Å². The van der Waals surface area contributed by atoms with Gasteiger partial charge in [0.15, 0.2) is 5.78 Å². The predicted molar refractivity (Wildman–Crippen MR) is 73.9 cm³/mol. The van der Waals surface area contributed by atoms with Gasteiger partial charge in [0.05, 0.1) is 0 Å². The molecule has 0 aliphatic heterocycles. The van der Waals surface area contributed by atoms with E-state index >= 15 is 0 Å². The third kappa shape index (κ3) is 3.67. The maximum absolute atomic E-state index is 11.4. The van der Waals surface area contributed by atoms with Crippen molar-refractivity contribution in [3.63, 3.8) is 0 Å². The number of aromatic carboxylic acids is 1. The molecule has 0 saturated heterocycles. The molecule has 0 aliphatic rings. The van der Waals surface area contributed by atoms with Gasteiger partial charge in [-0.25, -0.2) is 4.79 Å². The van der Waals surface area contributed by atoms with Crippen LogP contribution in [0.15, 0.2) is 12.3 Å². The summed E-state index contributed by atoms with van der Waals surface area (Å²) in [7, 11) is 0. The Morgan fingerprint density at radius 1 is 1.37 bits per heavy atom. The molecule has 0 aromatic carbocycles. The monoisotopic (exact) mass is 266 g/mol. The van der Waals surface area contributed by atoms with Crippen LogP contribution in [0.1, 0.15) is 54.6 Å². The molecule has 1 unspecified atom stereocenters. The lowest BCUT2D eigenvalue weighted by atomic mass is 10.2. The quantitative estimate of drug-likeness (QED) is 0.769. The summed E-state index contributed by atoms with van der Waals surface area (Å²) in [4.78, 5) is 24.8. The van der Waals surface area contributed by atoms with Crippen LogP contribution in [-0.4, -0.2) is 46.0 Å². The molecule has 1 aromatic rings. The largest absolute Gasteiger partial charge is 0.477 e. The number of carboxylic acids is 1. The number of aromatic nitrogens is 1. The molecule has 19 heavy (non-hydrogen) atoms. The number of rotatable bonds is 7. The molecule has 1 rings (SSSR count). The molecule has 0 aliphatic carbocycles. The van der Waals surface area contributed by atoms with Crippen molar-refractivity contribution in [2.24, 2.45) is 0 Å². The Balaban J connectivity index is 3.03. The molecule has 1 N–H and O–H groups in total. The molecule has 0 amide bonds. The Labute approximate surface area is 113 Å². The highest BCUT2D eigenvalue weighted by atomic mass is 16.4. The van der Waals surface area contributed by atoms with E-state index in [2.05, 4.69) is 18.7 Å². The first-order valence-corrected chi connectivity index (χ1v) is 6.59. The highest BCUT2D eigenvalue weighted by molar-refractivity contribution is 5.97. The van der Waals surface area contributed by atoms with E-state index in [0.29, 0.717) is 5.56 Å². The smallest absolute Gasteiger partial charge is 0.352 e. The van der Waals surface area contributed by atoms with Crippen LogP contribution in [0.5, 0.6) is 0 Å². The minimum absolute atomic E-state index is 0.0131. The average molecular weight is 266 g/mol. The standard InChI is InChI=1S/C14H22N2O3/c1-5-15(6-2)8-10(3)16-9-12(11(4)17)7-13(16)14(18)19/h7,9-10H,5-6,8H2,1-4H3,(H,18,19). The van der Waals surface area contributed by atoms with Gasteiger partial charge in [0.25, 0.3) is 0 Å². The first-order valence-electron chi connectivity index (χ1n) is 6.59. The first-order chi connectivity index (χ1) is 8.90. The molecule has 106 valence electrons. The second kappa shape index (κ2) is 6.52. The van der Waals surface area contributed by atoms with Crippen LogP contribution in [0.2, 0.25) is 0 Å². The van der Waals surface area contributed by atoms with Crippen molar-refractivity contribution >= 4 is 11.8 Å². The molecule has 1 aromatic heterocycles. The Bertz CT molecular complexity index is 461. The Hall–Kier alpha value is -1.62. The van der Waals surface area contributed by atoms with Gasteiger partial charge in [-0.1, -0.05) is 13.8 Å². The summed E-state index contributed by atoms with van der Waals surface area (Å²) >= 11 is 0. The van der Waals surface area contributed by atoms with Gasteiger partial charge in [-0.2, -0.15) is 0 Å². The summed E-state index contributed by atoms with van der Waals surface area (Å²) in [6.45, 7) is 10.2. The number of likely N-dealkylation sites (N-methyl/N-ethyl adjacent to an activating group) is 1. The molecular formula is C14H22N2O3. The van der Waals surface area contributed by atoms with E-state index in [9.17, 15) is 14.7 Å². The fourth-order valence-electron chi connectivity index (χ4n) is 2.15. The summed E-state index contributed by atoms with van der Waals surface area (Å²) in [6.07, 6.45) is 1.64. The lowest BCUT2D eigenvalue weighted by molar-refractivity contribution is 0.0681. The average Bonchev–Trinajstić information content (AvgIpc) is 2.81. The molecule has 1 atom stereocenters. The topological polar surface area (TPSA) is 62.5 Å². The summed E-state index contributed by atoms with van der Waals surface area (Å²) in [5, 5.41) is 9.21. The van der Waals surface area contributed by atoms with Crippen molar-refractivity contribution in [3.8, 4) is 0 Å². The summed E-state index contributed by atoms with van der Waals surface area (Å²) < 4.78 is 1.68. The number of ketones is 1. The molecule has 0 fully saturated rings. The lowest BCUT2D eigenvalue weighted by Gasteiger charge is -2.24. The van der Waals surface area contributed by atoms with E-state index in [1.54, 1.807) is 10.8 Å². The fourth-order valence-corrected chi connectivity index (χ4v) is 2.15. The van der Waals surface area contributed by atoms with Crippen LogP contribution < -0.4 is 0 Å². The van der Waals surface area contributed by atoms with E-state index in [4.69, 9.17) is 0 Å². The minimum Gasteiger partial charge on any atom is -0.477 e. The Morgan fingerprint density at radius 3 is 2.37 bits per heavy atom. The van der Waals surface area contributed by atoms with E-state index in [-0.39, 0.29) is 17.5 Å². The van der Waals surface area contributed by atoms with Gasteiger partial charge in [-0.3, -0.25) is 4.79 Å². The van der Waals surface area contributed by atoms with E-state index in [1.165, 1.54) is 13.0 Å². The number of carboxylic acid groups (broad SMARTS) is 1. The third-order valence-corrected chi connectivity index (χ3v) is 3.37. The first kappa shape index (κ1) is 15.4. The van der Waals surface area contributed by atoms with Crippen molar-refractivity contribution in [2.75, 3.05) is 19.6 Å². The fraction of sp³-hybridized carbons (Fsp3) is 0.571. The predicted octanol–water partition coefficient (Wildman–Crippen LogP) is 2.29.